The van der Waals surface area contributed by atoms with Gasteiger partial charge in [0.2, 0.25) is 0 Å². The van der Waals surface area contributed by atoms with Crippen LogP contribution in [0.4, 0.5) is 17.1 Å². The van der Waals surface area contributed by atoms with E-state index in [0.717, 1.165) is 28.3 Å². The molecule has 2 nitrogen and oxygen atoms in total. The van der Waals surface area contributed by atoms with E-state index in [1.54, 1.807) is 0 Å². The molecule has 1 aliphatic carbocycles. The van der Waals surface area contributed by atoms with Crippen LogP contribution in [0.2, 0.25) is 0 Å². The van der Waals surface area contributed by atoms with E-state index >= 15 is 0 Å². The number of nitrogens with zero attached hydrogens (tertiary/aromatic N) is 2. The molecular formula is C61H42N2. The van der Waals surface area contributed by atoms with Crippen molar-refractivity contribution in [1.82, 2.24) is 4.57 Å². The maximum Gasteiger partial charge on any atom is 0.0714 e. The van der Waals surface area contributed by atoms with Crippen LogP contribution in [0.25, 0.3) is 60.9 Å². The van der Waals surface area contributed by atoms with Crippen LogP contribution in [0.5, 0.6) is 0 Å². The maximum absolute atomic E-state index is 2.44. The molecule has 0 radical (unpaired) electrons. The molecule has 0 amide bonds. The minimum Gasteiger partial charge on any atom is -0.310 e. The summed E-state index contributed by atoms with van der Waals surface area (Å²) in [5.41, 5.74) is 18.8. The number of hydrogen-bond acceptors (Lipinski definition) is 1. The average Bonchev–Trinajstić information content (AvgIpc) is 3.85. The Labute approximate surface area is 368 Å². The monoisotopic (exact) mass is 802 g/mol. The fraction of sp³-hybridized carbons (Fsp3) is 0.0164. The predicted octanol–water partition coefficient (Wildman–Crippen LogP) is 16.0. The first-order valence-electron chi connectivity index (χ1n) is 21.8. The molecule has 11 aromatic rings. The highest BCUT2D eigenvalue weighted by molar-refractivity contribution is 6.10. The molecule has 0 N–H and O–H groups in total. The molecule has 0 bridgehead atoms. The van der Waals surface area contributed by atoms with Crippen molar-refractivity contribution in [2.75, 3.05) is 4.90 Å². The van der Waals surface area contributed by atoms with Crippen LogP contribution < -0.4 is 4.90 Å². The van der Waals surface area contributed by atoms with Crippen LogP contribution in [-0.4, -0.2) is 4.57 Å². The third kappa shape index (κ3) is 5.95. The zero-order valence-corrected chi connectivity index (χ0v) is 34.6. The standard InChI is InChI=1S/C61H42N2/c1-5-19-47(20-6-1)61(48-21-7-2-8-22-48)57-30-15-13-28-53(57)54-39-37-52(42-58(54)61)62(49-23-9-3-10-24-49)51-27-17-18-45(40-51)43-32-34-44(35-33-43)46-36-38-56-55-29-14-16-31-59(55)63(60(56)41-46)50-25-11-4-12-26-50/h1-42H. The van der Waals surface area contributed by atoms with Gasteiger partial charge in [-0.2, -0.15) is 0 Å². The first-order valence-corrected chi connectivity index (χ1v) is 21.8. The minimum atomic E-state index is -0.487. The molecule has 0 aliphatic heterocycles. The second kappa shape index (κ2) is 15.1. The van der Waals surface area contributed by atoms with E-state index in [1.165, 1.54) is 71.9 Å². The van der Waals surface area contributed by atoms with Crippen molar-refractivity contribution >= 4 is 38.9 Å². The summed E-state index contributed by atoms with van der Waals surface area (Å²) in [6.45, 7) is 0. The summed E-state index contributed by atoms with van der Waals surface area (Å²) in [6, 6.07) is 93.1. The fourth-order valence-electron chi connectivity index (χ4n) is 10.3. The molecular weight excluding hydrogens is 761 g/mol. The summed E-state index contributed by atoms with van der Waals surface area (Å²) in [7, 11) is 0. The van der Waals surface area contributed by atoms with Crippen LogP contribution in [0.15, 0.2) is 255 Å². The zero-order chi connectivity index (χ0) is 41.7. The van der Waals surface area contributed by atoms with E-state index < -0.39 is 5.41 Å². The van der Waals surface area contributed by atoms with Crippen molar-refractivity contribution in [1.29, 1.82) is 0 Å². The van der Waals surface area contributed by atoms with Gasteiger partial charge in [0.15, 0.2) is 0 Å². The first kappa shape index (κ1) is 36.6. The van der Waals surface area contributed by atoms with Crippen molar-refractivity contribution in [2.45, 2.75) is 5.41 Å². The molecule has 0 fully saturated rings. The van der Waals surface area contributed by atoms with Gasteiger partial charge in [0.25, 0.3) is 0 Å². The number of hydrogen-bond donors (Lipinski definition) is 0. The second-order valence-corrected chi connectivity index (χ2v) is 16.5. The number of fused-ring (bicyclic) bond motifs is 6. The van der Waals surface area contributed by atoms with E-state index in [2.05, 4.69) is 264 Å². The summed E-state index contributed by atoms with van der Waals surface area (Å²) < 4.78 is 2.38. The van der Waals surface area contributed by atoms with Gasteiger partial charge in [-0.3, -0.25) is 0 Å². The van der Waals surface area contributed by atoms with Crippen molar-refractivity contribution in [3.8, 4) is 39.1 Å². The Hall–Kier alpha value is -8.20. The van der Waals surface area contributed by atoms with Gasteiger partial charge < -0.3 is 9.47 Å². The quantitative estimate of drug-likeness (QED) is 0.149. The largest absolute Gasteiger partial charge is 0.310 e. The molecule has 0 unspecified atom stereocenters. The van der Waals surface area contributed by atoms with Gasteiger partial charge in [-0.15, -0.1) is 0 Å². The smallest absolute Gasteiger partial charge is 0.0714 e. The molecule has 63 heavy (non-hydrogen) atoms. The summed E-state index contributed by atoms with van der Waals surface area (Å²) in [5.74, 6) is 0. The Morgan fingerprint density at radius 3 is 1.54 bits per heavy atom. The summed E-state index contributed by atoms with van der Waals surface area (Å²) in [5, 5.41) is 2.52. The van der Waals surface area contributed by atoms with E-state index in [9.17, 15) is 0 Å². The zero-order valence-electron chi connectivity index (χ0n) is 34.6. The van der Waals surface area contributed by atoms with E-state index in [0.29, 0.717) is 0 Å². The lowest BCUT2D eigenvalue weighted by atomic mass is 9.67. The lowest BCUT2D eigenvalue weighted by Crippen LogP contribution is -2.28. The maximum atomic E-state index is 2.44. The van der Waals surface area contributed by atoms with Crippen molar-refractivity contribution in [3.63, 3.8) is 0 Å². The number of para-hydroxylation sites is 3. The molecule has 0 saturated heterocycles. The third-order valence-corrected chi connectivity index (χ3v) is 13.1. The van der Waals surface area contributed by atoms with Gasteiger partial charge in [0.05, 0.1) is 16.4 Å². The Kier molecular flexibility index (Phi) is 8.76. The highest BCUT2D eigenvalue weighted by atomic mass is 15.1. The van der Waals surface area contributed by atoms with Gasteiger partial charge in [0, 0.05) is 33.5 Å². The van der Waals surface area contributed by atoms with Crippen molar-refractivity contribution in [3.05, 3.63) is 277 Å². The van der Waals surface area contributed by atoms with Crippen molar-refractivity contribution < 1.29 is 0 Å². The number of anilines is 3. The molecule has 10 aromatic carbocycles. The molecule has 296 valence electrons. The molecule has 0 saturated carbocycles. The first-order chi connectivity index (χ1) is 31.3. The topological polar surface area (TPSA) is 8.17 Å². The highest BCUT2D eigenvalue weighted by Gasteiger charge is 2.46. The Morgan fingerprint density at radius 1 is 0.302 bits per heavy atom. The second-order valence-electron chi connectivity index (χ2n) is 16.5. The summed E-state index contributed by atoms with van der Waals surface area (Å²) >= 11 is 0. The SMILES string of the molecule is c1ccc(N(c2cccc(-c3ccc(-c4ccc5c6ccccc6n(-c6ccccc6)c5c4)cc3)c2)c2ccc3c(c2)C(c2ccccc2)(c2ccccc2)c2ccccc2-3)cc1. The lowest BCUT2D eigenvalue weighted by molar-refractivity contribution is 0.768. The van der Waals surface area contributed by atoms with Crippen LogP contribution in [0, 0.1) is 0 Å². The Bertz CT molecular complexity index is 3380. The average molecular weight is 803 g/mol. The molecule has 1 heterocycles. The van der Waals surface area contributed by atoms with Gasteiger partial charge in [-0.05, 0) is 116 Å². The molecule has 12 rings (SSSR count). The van der Waals surface area contributed by atoms with Gasteiger partial charge >= 0.3 is 0 Å². The van der Waals surface area contributed by atoms with Crippen LogP contribution >= 0.6 is 0 Å². The summed E-state index contributed by atoms with van der Waals surface area (Å²) in [6.07, 6.45) is 0. The summed E-state index contributed by atoms with van der Waals surface area (Å²) in [4.78, 5) is 2.41. The van der Waals surface area contributed by atoms with Crippen molar-refractivity contribution in [2.24, 2.45) is 0 Å². The molecule has 0 spiro atoms. The Balaban J connectivity index is 0.956. The van der Waals surface area contributed by atoms with Gasteiger partial charge in [-0.1, -0.05) is 194 Å². The molecule has 2 heteroatoms. The van der Waals surface area contributed by atoms with Gasteiger partial charge in [-0.25, -0.2) is 0 Å². The van der Waals surface area contributed by atoms with Crippen LogP contribution in [0.1, 0.15) is 22.3 Å². The predicted molar refractivity (Wildman–Crippen MR) is 264 cm³/mol. The van der Waals surface area contributed by atoms with Crippen LogP contribution in [0.3, 0.4) is 0 Å². The number of rotatable bonds is 8. The molecule has 1 aromatic heterocycles. The molecule has 1 aliphatic rings. The van der Waals surface area contributed by atoms with E-state index in [1.807, 2.05) is 0 Å². The normalized spacial score (nSPS) is 12.6. The Morgan fingerprint density at radius 2 is 0.825 bits per heavy atom. The van der Waals surface area contributed by atoms with E-state index in [-0.39, 0.29) is 0 Å². The van der Waals surface area contributed by atoms with Crippen LogP contribution in [-0.2, 0) is 5.41 Å². The minimum absolute atomic E-state index is 0.487. The van der Waals surface area contributed by atoms with E-state index in [4.69, 9.17) is 0 Å². The lowest BCUT2D eigenvalue weighted by Gasteiger charge is -2.35. The highest BCUT2D eigenvalue weighted by Crippen LogP contribution is 2.57. The molecule has 0 atom stereocenters. The number of benzene rings is 10. The third-order valence-electron chi connectivity index (χ3n) is 13.1. The van der Waals surface area contributed by atoms with Gasteiger partial charge in [0.1, 0.15) is 0 Å². The number of aromatic nitrogens is 1. The fourth-order valence-corrected chi connectivity index (χ4v) is 10.3.